The van der Waals surface area contributed by atoms with Gasteiger partial charge < -0.3 is 9.72 Å². The second-order valence-corrected chi connectivity index (χ2v) is 4.24. The van der Waals surface area contributed by atoms with Gasteiger partial charge in [0.1, 0.15) is 12.0 Å². The Morgan fingerprint density at radius 1 is 1.33 bits per heavy atom. The number of nitrogens with zero attached hydrogens (tertiary/aromatic N) is 3. The van der Waals surface area contributed by atoms with Crippen LogP contribution in [0.5, 0.6) is 5.88 Å². The van der Waals surface area contributed by atoms with Crippen LogP contribution in [-0.2, 0) is 0 Å². The van der Waals surface area contributed by atoms with Gasteiger partial charge in [0.25, 0.3) is 5.56 Å². The summed E-state index contributed by atoms with van der Waals surface area (Å²) < 4.78 is 5.03. The average Bonchev–Trinajstić information content (AvgIpc) is 3.22. The number of rotatable bonds is 3. The number of hydrogen-bond donors (Lipinski definition) is 1. The normalized spacial score (nSPS) is 14.5. The quantitative estimate of drug-likeness (QED) is 0.874. The minimum atomic E-state index is -0.153. The standard InChI is InChI=1S/C12H12N4O2/c1-18-11-5-9(13-6-14-11)12-15-8(7-2-3-7)4-10(17)16-12/h4-7H,2-3H2,1H3,(H,15,16,17). The number of ether oxygens (including phenoxy) is 1. The van der Waals surface area contributed by atoms with E-state index < -0.39 is 0 Å². The second-order valence-electron chi connectivity index (χ2n) is 4.24. The third-order valence-corrected chi connectivity index (χ3v) is 2.85. The van der Waals surface area contributed by atoms with Crippen LogP contribution in [0.1, 0.15) is 24.5 Å². The molecular weight excluding hydrogens is 232 g/mol. The molecule has 1 saturated carbocycles. The molecule has 1 aliphatic carbocycles. The molecule has 1 aliphatic rings. The van der Waals surface area contributed by atoms with Crippen molar-refractivity contribution in [3.8, 4) is 17.4 Å². The predicted octanol–water partition coefficient (Wildman–Crippen LogP) is 1.11. The van der Waals surface area contributed by atoms with Crippen molar-refractivity contribution in [2.45, 2.75) is 18.8 Å². The van der Waals surface area contributed by atoms with E-state index in [4.69, 9.17) is 4.74 Å². The van der Waals surface area contributed by atoms with Crippen LogP contribution in [0.4, 0.5) is 0 Å². The molecule has 1 N–H and O–H groups in total. The highest BCUT2D eigenvalue weighted by Gasteiger charge is 2.26. The summed E-state index contributed by atoms with van der Waals surface area (Å²) in [5, 5.41) is 0. The fourth-order valence-electron chi connectivity index (χ4n) is 1.77. The highest BCUT2D eigenvalue weighted by atomic mass is 16.5. The van der Waals surface area contributed by atoms with Crippen LogP contribution in [0.15, 0.2) is 23.3 Å². The zero-order chi connectivity index (χ0) is 12.5. The minimum absolute atomic E-state index is 0.153. The molecule has 18 heavy (non-hydrogen) atoms. The van der Waals surface area contributed by atoms with Crippen LogP contribution < -0.4 is 10.3 Å². The van der Waals surface area contributed by atoms with Crippen LogP contribution in [0.25, 0.3) is 11.5 Å². The molecule has 0 spiro atoms. The van der Waals surface area contributed by atoms with E-state index in [1.807, 2.05) is 0 Å². The molecule has 6 heteroatoms. The summed E-state index contributed by atoms with van der Waals surface area (Å²) in [4.78, 5) is 26.7. The fraction of sp³-hybridized carbons (Fsp3) is 0.333. The Balaban J connectivity index is 2.06. The Hall–Kier alpha value is -2.24. The van der Waals surface area contributed by atoms with Gasteiger partial charge in [-0.2, -0.15) is 0 Å². The molecule has 0 radical (unpaired) electrons. The van der Waals surface area contributed by atoms with E-state index in [9.17, 15) is 4.79 Å². The number of methoxy groups -OCH3 is 1. The maximum absolute atomic E-state index is 11.6. The van der Waals surface area contributed by atoms with Crippen LogP contribution in [0.3, 0.4) is 0 Å². The minimum Gasteiger partial charge on any atom is -0.481 e. The van der Waals surface area contributed by atoms with E-state index in [2.05, 4.69) is 19.9 Å². The number of aromatic amines is 1. The molecule has 2 heterocycles. The number of nitrogens with one attached hydrogen (secondary N) is 1. The summed E-state index contributed by atoms with van der Waals surface area (Å²) >= 11 is 0. The lowest BCUT2D eigenvalue weighted by Crippen LogP contribution is -2.10. The maximum atomic E-state index is 11.6. The third kappa shape index (κ3) is 2.09. The fourth-order valence-corrected chi connectivity index (χ4v) is 1.77. The molecule has 1 fully saturated rings. The van der Waals surface area contributed by atoms with Gasteiger partial charge in [-0.15, -0.1) is 0 Å². The molecule has 6 nitrogen and oxygen atoms in total. The van der Waals surface area contributed by atoms with Gasteiger partial charge in [-0.1, -0.05) is 0 Å². The van der Waals surface area contributed by atoms with Gasteiger partial charge >= 0.3 is 0 Å². The second kappa shape index (κ2) is 4.21. The zero-order valence-corrected chi connectivity index (χ0v) is 9.88. The zero-order valence-electron chi connectivity index (χ0n) is 9.88. The SMILES string of the molecule is COc1cc(-c2nc(C3CC3)cc(=O)[nH]2)ncn1. The summed E-state index contributed by atoms with van der Waals surface area (Å²) in [6.45, 7) is 0. The molecule has 0 aromatic carbocycles. The van der Waals surface area contributed by atoms with Crippen molar-refractivity contribution in [2.24, 2.45) is 0 Å². The van der Waals surface area contributed by atoms with Gasteiger partial charge in [-0.05, 0) is 12.8 Å². The predicted molar refractivity (Wildman–Crippen MR) is 64.4 cm³/mol. The van der Waals surface area contributed by atoms with Crippen molar-refractivity contribution in [1.29, 1.82) is 0 Å². The lowest BCUT2D eigenvalue weighted by molar-refractivity contribution is 0.397. The lowest BCUT2D eigenvalue weighted by atomic mass is 10.2. The van der Waals surface area contributed by atoms with E-state index in [1.54, 1.807) is 12.1 Å². The van der Waals surface area contributed by atoms with E-state index in [0.717, 1.165) is 18.5 Å². The van der Waals surface area contributed by atoms with E-state index >= 15 is 0 Å². The Kier molecular flexibility index (Phi) is 2.55. The van der Waals surface area contributed by atoms with Gasteiger partial charge in [-0.25, -0.2) is 15.0 Å². The first-order chi connectivity index (χ1) is 8.76. The van der Waals surface area contributed by atoms with Gasteiger partial charge in [0.15, 0.2) is 5.82 Å². The van der Waals surface area contributed by atoms with Crippen LogP contribution >= 0.6 is 0 Å². The summed E-state index contributed by atoms with van der Waals surface area (Å²) in [6.07, 6.45) is 3.59. The third-order valence-electron chi connectivity index (χ3n) is 2.85. The molecule has 0 aliphatic heterocycles. The van der Waals surface area contributed by atoms with E-state index in [0.29, 0.717) is 23.3 Å². The maximum Gasteiger partial charge on any atom is 0.251 e. The van der Waals surface area contributed by atoms with Crippen molar-refractivity contribution in [2.75, 3.05) is 7.11 Å². The van der Waals surface area contributed by atoms with E-state index in [1.165, 1.54) is 13.4 Å². The van der Waals surface area contributed by atoms with Crippen LogP contribution in [-0.4, -0.2) is 27.0 Å². The van der Waals surface area contributed by atoms with E-state index in [-0.39, 0.29) is 5.56 Å². The average molecular weight is 244 g/mol. The molecule has 0 bridgehead atoms. The van der Waals surface area contributed by atoms with Crippen molar-refractivity contribution in [1.82, 2.24) is 19.9 Å². The Morgan fingerprint density at radius 3 is 2.89 bits per heavy atom. The summed E-state index contributed by atoms with van der Waals surface area (Å²) in [7, 11) is 1.53. The molecule has 0 atom stereocenters. The van der Waals surface area contributed by atoms with Crippen molar-refractivity contribution < 1.29 is 4.74 Å². The highest BCUT2D eigenvalue weighted by molar-refractivity contribution is 5.50. The summed E-state index contributed by atoms with van der Waals surface area (Å²) in [6, 6.07) is 3.20. The molecule has 2 aromatic heterocycles. The number of aromatic nitrogens is 4. The Bertz CT molecular complexity index is 634. The molecule has 3 rings (SSSR count). The Labute approximate surface area is 103 Å². The topological polar surface area (TPSA) is 80.8 Å². The molecule has 0 saturated heterocycles. The first-order valence-corrected chi connectivity index (χ1v) is 5.74. The first kappa shape index (κ1) is 10.9. The molecule has 0 amide bonds. The molecule has 0 unspecified atom stereocenters. The summed E-state index contributed by atoms with van der Waals surface area (Å²) in [5.74, 6) is 1.33. The molecule has 2 aromatic rings. The highest BCUT2D eigenvalue weighted by Crippen LogP contribution is 2.38. The first-order valence-electron chi connectivity index (χ1n) is 5.74. The number of H-pyrrole nitrogens is 1. The van der Waals surface area contributed by atoms with Crippen molar-refractivity contribution >= 4 is 0 Å². The molecule has 92 valence electrons. The lowest BCUT2D eigenvalue weighted by Gasteiger charge is -2.04. The summed E-state index contributed by atoms with van der Waals surface area (Å²) in [5.41, 5.74) is 1.24. The largest absolute Gasteiger partial charge is 0.481 e. The van der Waals surface area contributed by atoms with Gasteiger partial charge in [-0.3, -0.25) is 4.79 Å². The van der Waals surface area contributed by atoms with Gasteiger partial charge in [0, 0.05) is 18.1 Å². The number of hydrogen-bond acceptors (Lipinski definition) is 5. The van der Waals surface area contributed by atoms with Crippen LogP contribution in [0, 0.1) is 0 Å². The van der Waals surface area contributed by atoms with Crippen molar-refractivity contribution in [3.63, 3.8) is 0 Å². The monoisotopic (exact) mass is 244 g/mol. The smallest absolute Gasteiger partial charge is 0.251 e. The van der Waals surface area contributed by atoms with Gasteiger partial charge in [0.05, 0.1) is 12.8 Å². The van der Waals surface area contributed by atoms with Crippen molar-refractivity contribution in [3.05, 3.63) is 34.5 Å². The van der Waals surface area contributed by atoms with Gasteiger partial charge in [0.2, 0.25) is 5.88 Å². The van der Waals surface area contributed by atoms with Crippen LogP contribution in [0.2, 0.25) is 0 Å². The molecular formula is C12H12N4O2. The Morgan fingerprint density at radius 2 is 2.17 bits per heavy atom.